The fourth-order valence-electron chi connectivity index (χ4n) is 8.58. The van der Waals surface area contributed by atoms with E-state index < -0.39 is 70.9 Å². The first-order valence-corrected chi connectivity index (χ1v) is 21.9. The molecule has 3 aromatic carbocycles. The quantitative estimate of drug-likeness (QED) is 0.0162. The standard InChI is InChI=1S/C49H61N3O13/c1-12-13-25(4)41(54)27(6)42(55)26(5)34(62-29(8)53)22-31(60-11)18-21-61-49(9)47(58)38-36-37(43(56)28(7)45(38)65-49)44(57)40(51-48(59)24(2)3)46-39(36)50-33-15-14-32(23-35(33)64-46)63-30-16-19-52(10)20-17-30/h12-15,18,21,23,25-27,30-31,34,41-42,54-55,57H,2,16-17,19-20,22H2,1,3-11H3,(H,51,59)/b13-12+,21-18+/t25-,26-,27+,31-,34+,41-,42-,49-/m0/s1. The number of anilines is 1. The number of ketones is 1. The van der Waals surface area contributed by atoms with Crippen LogP contribution in [0.5, 0.6) is 17.2 Å². The Labute approximate surface area is 377 Å². The van der Waals surface area contributed by atoms with Gasteiger partial charge in [-0.15, -0.1) is 0 Å². The van der Waals surface area contributed by atoms with Crippen LogP contribution in [0.2, 0.25) is 0 Å². The highest BCUT2D eigenvalue weighted by Gasteiger charge is 2.49. The summed E-state index contributed by atoms with van der Waals surface area (Å²) in [6.45, 7) is 18.2. The average Bonchev–Trinajstić information content (AvgIpc) is 3.53. The van der Waals surface area contributed by atoms with Gasteiger partial charge in [-0.2, -0.15) is 0 Å². The van der Waals surface area contributed by atoms with E-state index in [2.05, 4.69) is 23.8 Å². The number of ether oxygens (including phenoxy) is 5. The number of piperidine rings is 1. The van der Waals surface area contributed by atoms with Gasteiger partial charge in [-0.05, 0) is 58.9 Å². The molecule has 1 saturated heterocycles. The largest absolute Gasteiger partial charge is 0.505 e. The Morgan fingerprint density at radius 3 is 2.40 bits per heavy atom. The smallest absolute Gasteiger partial charge is 0.312 e. The van der Waals surface area contributed by atoms with E-state index in [-0.39, 0.29) is 74.0 Å². The number of fused-ring (bicyclic) bond motifs is 6. The number of hydrogen-bond donors (Lipinski definition) is 4. The van der Waals surface area contributed by atoms with E-state index in [4.69, 9.17) is 33.1 Å². The Morgan fingerprint density at radius 2 is 1.77 bits per heavy atom. The number of Topliss-reactive ketones (excluding diaryl/α,β-unsaturated/α-hetero) is 1. The molecule has 0 saturated carbocycles. The summed E-state index contributed by atoms with van der Waals surface area (Å²) in [6, 6.07) is 5.10. The van der Waals surface area contributed by atoms with E-state index in [9.17, 15) is 34.5 Å². The molecule has 0 radical (unpaired) electrons. The number of aromatic hydroxyl groups is 1. The van der Waals surface area contributed by atoms with Crippen LogP contribution in [0.3, 0.4) is 0 Å². The molecule has 0 unspecified atom stereocenters. The van der Waals surface area contributed by atoms with Gasteiger partial charge in [0.2, 0.25) is 0 Å². The Balaban J connectivity index is 1.36. The van der Waals surface area contributed by atoms with E-state index in [1.54, 1.807) is 32.0 Å². The van der Waals surface area contributed by atoms with Crippen molar-refractivity contribution in [3.63, 3.8) is 0 Å². The van der Waals surface area contributed by atoms with Crippen LogP contribution in [0.4, 0.5) is 5.69 Å². The van der Waals surface area contributed by atoms with Crippen molar-refractivity contribution in [2.24, 2.45) is 17.8 Å². The van der Waals surface area contributed by atoms with E-state index in [1.165, 1.54) is 47.1 Å². The zero-order chi connectivity index (χ0) is 47.7. The third kappa shape index (κ3) is 9.91. The summed E-state index contributed by atoms with van der Waals surface area (Å²) in [7, 11) is 3.49. The summed E-state index contributed by atoms with van der Waals surface area (Å²) in [5.41, 5.74) is -0.482. The van der Waals surface area contributed by atoms with Gasteiger partial charge < -0.3 is 53.6 Å². The minimum Gasteiger partial charge on any atom is -0.505 e. The Bertz CT molecular complexity index is 2610. The lowest BCUT2D eigenvalue weighted by atomic mass is 9.81. The number of esters is 1. The van der Waals surface area contributed by atoms with Crippen LogP contribution >= 0.6 is 0 Å². The second-order valence-electron chi connectivity index (χ2n) is 17.6. The number of carbonyl (C=O) groups is 3. The maximum absolute atomic E-state index is 14.7. The van der Waals surface area contributed by atoms with Gasteiger partial charge in [-0.1, -0.05) is 39.5 Å². The minimum absolute atomic E-state index is 0.0107. The van der Waals surface area contributed by atoms with Crippen molar-refractivity contribution in [1.82, 2.24) is 9.88 Å². The highest BCUT2D eigenvalue weighted by Crippen LogP contribution is 2.48. The molecule has 4 aromatic rings. The molecule has 1 amide bonds. The van der Waals surface area contributed by atoms with Gasteiger partial charge in [0.15, 0.2) is 22.3 Å². The summed E-state index contributed by atoms with van der Waals surface area (Å²) in [5, 5.41) is 36.4. The third-order valence-corrected chi connectivity index (χ3v) is 12.6. The molecule has 6 rings (SSSR count). The summed E-state index contributed by atoms with van der Waals surface area (Å²) >= 11 is 0. The molecule has 0 spiro atoms. The number of allylic oxidation sites excluding steroid dienone is 1. The lowest BCUT2D eigenvalue weighted by Gasteiger charge is -2.35. The van der Waals surface area contributed by atoms with Gasteiger partial charge in [0.05, 0.1) is 35.5 Å². The number of aliphatic hydroxyl groups is 2. The number of benzene rings is 3. The number of nitrogens with zero attached hydrogens (tertiary/aromatic N) is 2. The molecular formula is C49H61N3O13. The number of nitrogens with one attached hydrogen (secondary N) is 1. The van der Waals surface area contributed by atoms with Gasteiger partial charge in [0.1, 0.15) is 40.4 Å². The highest BCUT2D eigenvalue weighted by molar-refractivity contribution is 6.26. The monoisotopic (exact) mass is 899 g/mol. The molecule has 3 heterocycles. The number of rotatable bonds is 17. The van der Waals surface area contributed by atoms with Crippen LogP contribution in [0.15, 0.2) is 64.1 Å². The van der Waals surface area contributed by atoms with E-state index in [0.717, 1.165) is 25.9 Å². The van der Waals surface area contributed by atoms with Crippen LogP contribution in [-0.2, 0) is 23.8 Å². The molecule has 2 aliphatic heterocycles. The predicted octanol–water partition coefficient (Wildman–Crippen LogP) is 6.86. The summed E-state index contributed by atoms with van der Waals surface area (Å²) < 4.78 is 36.3. The number of aromatic nitrogens is 1. The number of amides is 1. The summed E-state index contributed by atoms with van der Waals surface area (Å²) in [4.78, 5) is 61.3. The fraction of sp³-hybridized carbons (Fsp3) is 0.490. The Kier molecular flexibility index (Phi) is 14.8. The number of likely N-dealkylation sites (tertiary alicyclic amines) is 1. The Morgan fingerprint density at radius 1 is 1.08 bits per heavy atom. The van der Waals surface area contributed by atoms with Gasteiger partial charge >= 0.3 is 11.8 Å². The molecule has 65 heavy (non-hydrogen) atoms. The Hall–Kier alpha value is -5.81. The van der Waals surface area contributed by atoms with Gasteiger partial charge in [0, 0.05) is 80.8 Å². The minimum atomic E-state index is -2.04. The number of phenols is 1. The topological polar surface area (TPSA) is 216 Å². The lowest BCUT2D eigenvalue weighted by Crippen LogP contribution is -2.43. The van der Waals surface area contributed by atoms with Crippen LogP contribution in [0, 0.1) is 24.7 Å². The number of hydrogen-bond acceptors (Lipinski definition) is 15. The molecule has 4 N–H and O–H groups in total. The fourth-order valence-corrected chi connectivity index (χ4v) is 8.58. The van der Waals surface area contributed by atoms with E-state index in [0.29, 0.717) is 11.3 Å². The molecule has 1 fully saturated rings. The highest BCUT2D eigenvalue weighted by atomic mass is 16.7. The molecule has 2 aliphatic rings. The number of phenolic OH excluding ortho intramolecular Hbond substituents is 1. The molecule has 1 aromatic heterocycles. The van der Waals surface area contributed by atoms with Crippen molar-refractivity contribution >= 4 is 56.3 Å². The van der Waals surface area contributed by atoms with Crippen molar-refractivity contribution in [1.29, 1.82) is 0 Å². The predicted molar refractivity (Wildman–Crippen MR) is 245 cm³/mol. The van der Waals surface area contributed by atoms with Gasteiger partial charge in [0.25, 0.3) is 11.7 Å². The zero-order valence-electron chi connectivity index (χ0n) is 38.7. The molecule has 0 bridgehead atoms. The molecule has 0 aliphatic carbocycles. The van der Waals surface area contributed by atoms with Crippen molar-refractivity contribution in [3.05, 3.63) is 76.2 Å². The summed E-state index contributed by atoms with van der Waals surface area (Å²) in [6.07, 6.45) is 4.58. The summed E-state index contributed by atoms with van der Waals surface area (Å²) in [5.74, 6) is -5.62. The average molecular weight is 900 g/mol. The first kappa shape index (κ1) is 48.6. The van der Waals surface area contributed by atoms with Gasteiger partial charge in [-0.3, -0.25) is 19.2 Å². The number of methoxy groups -OCH3 is 1. The normalized spacial score (nSPS) is 20.3. The van der Waals surface area contributed by atoms with Crippen LogP contribution in [0.25, 0.3) is 33.0 Å². The molecule has 350 valence electrons. The lowest BCUT2D eigenvalue weighted by molar-refractivity contribution is -0.155. The van der Waals surface area contributed by atoms with Crippen LogP contribution in [0.1, 0.15) is 83.7 Å². The first-order valence-electron chi connectivity index (χ1n) is 21.9. The van der Waals surface area contributed by atoms with E-state index in [1.807, 2.05) is 26.0 Å². The second kappa shape index (κ2) is 19.7. The zero-order valence-corrected chi connectivity index (χ0v) is 38.7. The number of aliphatic hydroxyl groups excluding tert-OH is 2. The van der Waals surface area contributed by atoms with Crippen LogP contribution < -0.4 is 20.2 Å². The number of carbonyl (C=O) groups excluding carboxylic acids is 3. The first-order chi connectivity index (χ1) is 30.7. The van der Waals surface area contributed by atoms with Crippen molar-refractivity contribution < 1.29 is 57.8 Å². The molecule has 16 nitrogen and oxygen atoms in total. The maximum atomic E-state index is 14.7. The maximum Gasteiger partial charge on any atom is 0.312 e. The van der Waals surface area contributed by atoms with E-state index >= 15 is 0 Å². The van der Waals surface area contributed by atoms with Crippen molar-refractivity contribution in [2.75, 3.05) is 32.6 Å². The second-order valence-corrected chi connectivity index (χ2v) is 17.6. The molecule has 16 heteroatoms. The molecule has 8 atom stereocenters. The molecular weight excluding hydrogens is 839 g/mol. The van der Waals surface area contributed by atoms with Gasteiger partial charge in [-0.25, -0.2) is 4.98 Å². The SMILES string of the molecule is C=C(C)C(=O)Nc1c(O)c2c(=O)c(C)c3c(c2c2nc4ccc(OC5CCN(C)CC5)cc4oc12)C(=O)[C@@](C)(O/C=C/[C@@H](C[C@@H](OC(C)=O)[C@H](C)[C@H](O)[C@H](C)[C@@H](O)[C@@H](C)/C=C/C)OC)O3. The van der Waals surface area contributed by atoms with Crippen molar-refractivity contribution in [3.8, 4) is 17.2 Å². The van der Waals surface area contributed by atoms with Crippen molar-refractivity contribution in [2.45, 2.75) is 111 Å². The van der Waals surface area contributed by atoms with Crippen LogP contribution in [-0.4, -0.2) is 106 Å². The third-order valence-electron chi connectivity index (χ3n) is 12.6.